The van der Waals surface area contributed by atoms with Crippen molar-refractivity contribution >= 4 is 11.3 Å². The summed E-state index contributed by atoms with van der Waals surface area (Å²) in [6.07, 6.45) is -4.84. The smallest absolute Gasteiger partial charge is 0.315 e. The first-order chi connectivity index (χ1) is 7.31. The molecule has 1 aromatic rings. The summed E-state index contributed by atoms with van der Waals surface area (Å²) in [5, 5.41) is 4.84. The van der Waals surface area contributed by atoms with Crippen molar-refractivity contribution in [2.75, 3.05) is 13.1 Å². The molecular weight excluding hydrogens is 235 g/mol. The van der Waals surface area contributed by atoms with E-state index in [0.29, 0.717) is 6.54 Å². The van der Waals surface area contributed by atoms with E-state index in [1.807, 2.05) is 31.4 Å². The van der Waals surface area contributed by atoms with Crippen molar-refractivity contribution < 1.29 is 13.2 Å². The maximum atomic E-state index is 11.9. The highest BCUT2D eigenvalue weighted by atomic mass is 32.1. The zero-order chi connectivity index (χ0) is 12.2. The molecule has 1 rings (SSSR count). The topological polar surface area (TPSA) is 12.0 Å². The van der Waals surface area contributed by atoms with Crippen molar-refractivity contribution in [1.82, 2.24) is 5.32 Å². The van der Waals surface area contributed by atoms with Crippen molar-refractivity contribution in [1.29, 1.82) is 0 Å². The summed E-state index contributed by atoms with van der Waals surface area (Å²) in [4.78, 5) is 1.19. The predicted molar refractivity (Wildman–Crippen MR) is 60.9 cm³/mol. The second kappa shape index (κ2) is 5.19. The fourth-order valence-corrected chi connectivity index (χ4v) is 2.23. The third kappa shape index (κ3) is 4.53. The monoisotopic (exact) mass is 251 g/mol. The molecule has 0 atom stereocenters. The van der Waals surface area contributed by atoms with Crippen LogP contribution in [0, 0.1) is 0 Å². The largest absolute Gasteiger partial charge is 0.390 e. The number of alkyl halides is 3. The minimum atomic E-state index is -4.07. The third-order valence-corrected chi connectivity index (χ3v) is 3.58. The van der Waals surface area contributed by atoms with Crippen LogP contribution >= 0.6 is 11.3 Å². The first-order valence-electron chi connectivity index (χ1n) is 5.13. The SMILES string of the molecule is CC(C)(CNCCC(F)(F)F)c1cccs1. The van der Waals surface area contributed by atoms with Gasteiger partial charge in [-0.3, -0.25) is 0 Å². The van der Waals surface area contributed by atoms with Gasteiger partial charge in [-0.1, -0.05) is 19.9 Å². The summed E-state index contributed by atoms with van der Waals surface area (Å²) >= 11 is 1.63. The summed E-state index contributed by atoms with van der Waals surface area (Å²) in [7, 11) is 0. The van der Waals surface area contributed by atoms with E-state index in [0.717, 1.165) is 0 Å². The van der Waals surface area contributed by atoms with Gasteiger partial charge in [0.25, 0.3) is 0 Å². The Morgan fingerprint density at radius 3 is 2.50 bits per heavy atom. The Morgan fingerprint density at radius 2 is 2.00 bits per heavy atom. The summed E-state index contributed by atoms with van der Waals surface area (Å²) in [6.45, 7) is 4.60. The van der Waals surface area contributed by atoms with Gasteiger partial charge in [0.2, 0.25) is 0 Å². The molecule has 0 amide bonds. The summed E-state index contributed by atoms with van der Waals surface area (Å²) in [6, 6.07) is 3.97. The third-order valence-electron chi connectivity index (χ3n) is 2.34. The maximum absolute atomic E-state index is 11.9. The molecule has 0 unspecified atom stereocenters. The van der Waals surface area contributed by atoms with Gasteiger partial charge in [0.05, 0.1) is 6.42 Å². The highest BCUT2D eigenvalue weighted by Crippen LogP contribution is 2.26. The number of halogens is 3. The normalized spacial score (nSPS) is 13.1. The number of thiophene rings is 1. The van der Waals surface area contributed by atoms with Crippen molar-refractivity contribution in [3.8, 4) is 0 Å². The van der Waals surface area contributed by atoms with Crippen molar-refractivity contribution in [3.05, 3.63) is 22.4 Å². The number of hydrogen-bond donors (Lipinski definition) is 1. The van der Waals surface area contributed by atoms with Gasteiger partial charge in [-0.05, 0) is 11.4 Å². The highest BCUT2D eigenvalue weighted by Gasteiger charge is 2.27. The van der Waals surface area contributed by atoms with Crippen molar-refractivity contribution in [3.63, 3.8) is 0 Å². The average Bonchev–Trinajstić information content (AvgIpc) is 2.64. The first-order valence-corrected chi connectivity index (χ1v) is 6.01. The molecule has 1 N–H and O–H groups in total. The lowest BCUT2D eigenvalue weighted by Gasteiger charge is -2.23. The number of rotatable bonds is 5. The van der Waals surface area contributed by atoms with Gasteiger partial charge in [-0.25, -0.2) is 0 Å². The van der Waals surface area contributed by atoms with E-state index in [4.69, 9.17) is 0 Å². The molecule has 92 valence electrons. The van der Waals surface area contributed by atoms with Crippen LogP contribution in [-0.2, 0) is 5.41 Å². The van der Waals surface area contributed by atoms with Gasteiger partial charge < -0.3 is 5.32 Å². The van der Waals surface area contributed by atoms with Gasteiger partial charge in [-0.15, -0.1) is 11.3 Å². The predicted octanol–water partition coefficient (Wildman–Crippen LogP) is 3.57. The van der Waals surface area contributed by atoms with E-state index < -0.39 is 12.6 Å². The van der Waals surface area contributed by atoms with Crippen molar-refractivity contribution in [2.45, 2.75) is 31.9 Å². The molecule has 0 aromatic carbocycles. The summed E-state index contributed by atoms with van der Waals surface area (Å²) in [5.74, 6) is 0. The summed E-state index contributed by atoms with van der Waals surface area (Å²) in [5.41, 5.74) is -0.111. The van der Waals surface area contributed by atoms with Gasteiger partial charge in [0.15, 0.2) is 0 Å². The van der Waals surface area contributed by atoms with Crippen LogP contribution < -0.4 is 5.32 Å². The molecule has 0 bridgehead atoms. The molecule has 0 aliphatic rings. The van der Waals surface area contributed by atoms with E-state index in [-0.39, 0.29) is 12.0 Å². The van der Waals surface area contributed by atoms with E-state index in [1.165, 1.54) is 4.88 Å². The lowest BCUT2D eigenvalue weighted by atomic mass is 9.91. The molecule has 0 fully saturated rings. The van der Waals surface area contributed by atoms with Crippen LogP contribution in [0.15, 0.2) is 17.5 Å². The molecule has 0 saturated carbocycles. The van der Waals surface area contributed by atoms with Crippen LogP contribution in [-0.4, -0.2) is 19.3 Å². The van der Waals surface area contributed by atoms with E-state index >= 15 is 0 Å². The second-order valence-electron chi connectivity index (χ2n) is 4.40. The number of hydrogen-bond acceptors (Lipinski definition) is 2. The molecule has 1 nitrogen and oxygen atoms in total. The second-order valence-corrected chi connectivity index (χ2v) is 5.35. The Balaban J connectivity index is 2.32. The highest BCUT2D eigenvalue weighted by molar-refractivity contribution is 7.10. The fraction of sp³-hybridized carbons (Fsp3) is 0.636. The Hall–Kier alpha value is -0.550. The molecular formula is C11H16F3NS. The van der Waals surface area contributed by atoms with Crippen LogP contribution in [0.4, 0.5) is 13.2 Å². The maximum Gasteiger partial charge on any atom is 0.390 e. The van der Waals surface area contributed by atoms with Gasteiger partial charge in [0, 0.05) is 23.4 Å². The van der Waals surface area contributed by atoms with Crippen LogP contribution in [0.2, 0.25) is 0 Å². The molecule has 1 heterocycles. The molecule has 5 heteroatoms. The molecule has 0 aliphatic carbocycles. The fourth-order valence-electron chi connectivity index (χ4n) is 1.38. The Bertz CT molecular complexity index is 304. The Labute approximate surface area is 97.7 Å². The standard InChI is InChI=1S/C11H16F3NS/c1-10(2,9-4-3-7-16-9)8-15-6-5-11(12,13)14/h3-4,7,15H,5-6,8H2,1-2H3. The average molecular weight is 251 g/mol. The summed E-state index contributed by atoms with van der Waals surface area (Å²) < 4.78 is 35.7. The van der Waals surface area contributed by atoms with Gasteiger partial charge in [0.1, 0.15) is 0 Å². The molecule has 16 heavy (non-hydrogen) atoms. The lowest BCUT2D eigenvalue weighted by Crippen LogP contribution is -2.34. The minimum Gasteiger partial charge on any atom is -0.315 e. The van der Waals surface area contributed by atoms with E-state index in [9.17, 15) is 13.2 Å². The zero-order valence-electron chi connectivity index (χ0n) is 9.40. The van der Waals surface area contributed by atoms with Crippen LogP contribution in [0.3, 0.4) is 0 Å². The first kappa shape index (κ1) is 13.5. The zero-order valence-corrected chi connectivity index (χ0v) is 10.2. The minimum absolute atomic E-state index is 0.0156. The molecule has 1 aromatic heterocycles. The van der Waals surface area contributed by atoms with Crippen molar-refractivity contribution in [2.24, 2.45) is 0 Å². The number of nitrogens with one attached hydrogen (secondary N) is 1. The van der Waals surface area contributed by atoms with E-state index in [2.05, 4.69) is 5.32 Å². The Morgan fingerprint density at radius 1 is 1.31 bits per heavy atom. The Kier molecular flexibility index (Phi) is 4.38. The van der Waals surface area contributed by atoms with Crippen LogP contribution in [0.25, 0.3) is 0 Å². The molecule has 0 spiro atoms. The molecule has 0 radical (unpaired) electrons. The molecule has 0 saturated heterocycles. The van der Waals surface area contributed by atoms with Crippen LogP contribution in [0.5, 0.6) is 0 Å². The van der Waals surface area contributed by atoms with E-state index in [1.54, 1.807) is 11.3 Å². The quantitative estimate of drug-likeness (QED) is 0.789. The lowest BCUT2D eigenvalue weighted by molar-refractivity contribution is -0.133. The van der Waals surface area contributed by atoms with Crippen LogP contribution in [0.1, 0.15) is 25.1 Å². The molecule has 0 aliphatic heterocycles. The van der Waals surface area contributed by atoms with Gasteiger partial charge in [-0.2, -0.15) is 13.2 Å². The van der Waals surface area contributed by atoms with Gasteiger partial charge >= 0.3 is 6.18 Å².